The minimum Gasteiger partial charge on any atom is -0.393 e. The lowest BCUT2D eigenvalue weighted by molar-refractivity contribution is 0.195. The summed E-state index contributed by atoms with van der Waals surface area (Å²) in [4.78, 5) is 3.65. The van der Waals surface area contributed by atoms with E-state index in [9.17, 15) is 4.39 Å². The van der Waals surface area contributed by atoms with Crippen LogP contribution in [0.2, 0.25) is 0 Å². The van der Waals surface area contributed by atoms with Crippen molar-refractivity contribution in [3.05, 3.63) is 29.8 Å². The summed E-state index contributed by atoms with van der Waals surface area (Å²) in [6.45, 7) is 1.66. The van der Waals surface area contributed by atoms with E-state index >= 15 is 0 Å². The topological polar surface area (TPSA) is 33.1 Å². The number of pyridine rings is 1. The fourth-order valence-corrected chi connectivity index (χ4v) is 0.909. The predicted octanol–water partition coefficient (Wildman–Crippen LogP) is 1.14. The second kappa shape index (κ2) is 3.44. The molecule has 0 bridgehead atoms. The molecule has 0 amide bonds. The molecular formula is C8H10FNO. The molecule has 0 aromatic carbocycles. The molecule has 0 aliphatic rings. The van der Waals surface area contributed by atoms with Gasteiger partial charge >= 0.3 is 0 Å². The van der Waals surface area contributed by atoms with Crippen LogP contribution in [0.3, 0.4) is 0 Å². The lowest BCUT2D eigenvalue weighted by Gasteiger charge is -2.02. The molecule has 0 saturated carbocycles. The highest BCUT2D eigenvalue weighted by Gasteiger charge is 1.99. The Morgan fingerprint density at radius 3 is 2.91 bits per heavy atom. The summed E-state index contributed by atoms with van der Waals surface area (Å²) in [5.74, 6) is -0.358. The van der Waals surface area contributed by atoms with Crippen molar-refractivity contribution in [2.75, 3.05) is 0 Å². The highest BCUT2D eigenvalue weighted by atomic mass is 19.1. The van der Waals surface area contributed by atoms with E-state index in [1.165, 1.54) is 6.07 Å². The molecule has 1 rings (SSSR count). The Balaban J connectivity index is 2.71. The van der Waals surface area contributed by atoms with Crippen molar-refractivity contribution < 1.29 is 9.50 Å². The number of rotatable bonds is 2. The minimum absolute atomic E-state index is 0.358. The van der Waals surface area contributed by atoms with Crippen LogP contribution in [-0.4, -0.2) is 16.2 Å². The molecule has 1 heterocycles. The van der Waals surface area contributed by atoms with Crippen LogP contribution < -0.4 is 0 Å². The van der Waals surface area contributed by atoms with Crippen LogP contribution in [0.1, 0.15) is 12.5 Å². The molecule has 0 spiro atoms. The first-order valence-corrected chi connectivity index (χ1v) is 3.46. The molecule has 1 atom stereocenters. The third kappa shape index (κ3) is 2.63. The molecule has 0 unspecified atom stereocenters. The quantitative estimate of drug-likeness (QED) is 0.694. The SMILES string of the molecule is C[C@@H](O)Cc1cncc(F)c1. The van der Waals surface area contributed by atoms with E-state index in [1.54, 1.807) is 13.1 Å². The first-order valence-electron chi connectivity index (χ1n) is 3.46. The maximum atomic E-state index is 12.5. The smallest absolute Gasteiger partial charge is 0.141 e. The molecule has 2 nitrogen and oxygen atoms in total. The zero-order valence-electron chi connectivity index (χ0n) is 6.29. The fraction of sp³-hybridized carbons (Fsp3) is 0.375. The summed E-state index contributed by atoms with van der Waals surface area (Å²) in [7, 11) is 0. The normalized spacial score (nSPS) is 13.0. The number of aromatic nitrogens is 1. The molecule has 0 radical (unpaired) electrons. The van der Waals surface area contributed by atoms with Crippen LogP contribution in [0, 0.1) is 5.82 Å². The average molecular weight is 155 g/mol. The molecule has 3 heteroatoms. The Bertz CT molecular complexity index is 237. The van der Waals surface area contributed by atoms with Crippen LogP contribution in [0.15, 0.2) is 18.5 Å². The van der Waals surface area contributed by atoms with Gasteiger partial charge in [-0.3, -0.25) is 4.98 Å². The summed E-state index contributed by atoms with van der Waals surface area (Å²) in [6, 6.07) is 1.37. The van der Waals surface area contributed by atoms with Gasteiger partial charge in [0, 0.05) is 6.20 Å². The number of halogens is 1. The maximum Gasteiger partial charge on any atom is 0.141 e. The van der Waals surface area contributed by atoms with Crippen molar-refractivity contribution in [1.29, 1.82) is 0 Å². The Morgan fingerprint density at radius 2 is 2.36 bits per heavy atom. The van der Waals surface area contributed by atoms with Gasteiger partial charge in [0.1, 0.15) is 5.82 Å². The standard InChI is InChI=1S/C8H10FNO/c1-6(11)2-7-3-8(9)5-10-4-7/h3-6,11H,2H2,1H3/t6-/m1/s1. The van der Waals surface area contributed by atoms with Gasteiger partial charge in [0.15, 0.2) is 0 Å². The Hall–Kier alpha value is -0.960. The van der Waals surface area contributed by atoms with Gasteiger partial charge in [0.2, 0.25) is 0 Å². The Morgan fingerprint density at radius 1 is 1.64 bits per heavy atom. The third-order valence-electron chi connectivity index (χ3n) is 1.29. The molecule has 11 heavy (non-hydrogen) atoms. The number of nitrogens with zero attached hydrogens (tertiary/aromatic N) is 1. The van der Waals surface area contributed by atoms with Crippen LogP contribution in [0.4, 0.5) is 4.39 Å². The molecular weight excluding hydrogens is 145 g/mol. The van der Waals surface area contributed by atoms with Crippen molar-refractivity contribution in [1.82, 2.24) is 4.98 Å². The Kier molecular flexibility index (Phi) is 2.54. The second-order valence-electron chi connectivity index (χ2n) is 2.56. The van der Waals surface area contributed by atoms with Crippen molar-refractivity contribution in [2.45, 2.75) is 19.4 Å². The van der Waals surface area contributed by atoms with E-state index in [4.69, 9.17) is 5.11 Å². The van der Waals surface area contributed by atoms with Crippen LogP contribution in [0.5, 0.6) is 0 Å². The molecule has 1 aromatic rings. The van der Waals surface area contributed by atoms with Gasteiger partial charge in [0.05, 0.1) is 12.3 Å². The number of hydrogen-bond donors (Lipinski definition) is 1. The van der Waals surface area contributed by atoms with E-state index in [0.29, 0.717) is 6.42 Å². The Labute approximate surface area is 64.7 Å². The van der Waals surface area contributed by atoms with Crippen molar-refractivity contribution in [3.63, 3.8) is 0 Å². The van der Waals surface area contributed by atoms with Gasteiger partial charge in [-0.05, 0) is 25.0 Å². The zero-order chi connectivity index (χ0) is 8.27. The summed E-state index contributed by atoms with van der Waals surface area (Å²) in [5, 5.41) is 8.95. The monoisotopic (exact) mass is 155 g/mol. The van der Waals surface area contributed by atoms with E-state index in [2.05, 4.69) is 4.98 Å². The van der Waals surface area contributed by atoms with E-state index in [0.717, 1.165) is 11.8 Å². The minimum atomic E-state index is -0.446. The van der Waals surface area contributed by atoms with Crippen LogP contribution in [0.25, 0.3) is 0 Å². The molecule has 0 fully saturated rings. The fourth-order valence-electron chi connectivity index (χ4n) is 0.909. The van der Waals surface area contributed by atoms with Gasteiger partial charge in [-0.25, -0.2) is 4.39 Å². The van der Waals surface area contributed by atoms with Gasteiger partial charge in [0.25, 0.3) is 0 Å². The van der Waals surface area contributed by atoms with E-state index < -0.39 is 6.10 Å². The van der Waals surface area contributed by atoms with Gasteiger partial charge in [-0.2, -0.15) is 0 Å². The van der Waals surface area contributed by atoms with Crippen molar-refractivity contribution >= 4 is 0 Å². The number of aliphatic hydroxyl groups excluding tert-OH is 1. The first kappa shape index (κ1) is 8.14. The average Bonchev–Trinajstić information content (AvgIpc) is 1.85. The lowest BCUT2D eigenvalue weighted by Crippen LogP contribution is -2.04. The maximum absolute atomic E-state index is 12.5. The third-order valence-corrected chi connectivity index (χ3v) is 1.29. The number of aliphatic hydroxyl groups is 1. The second-order valence-corrected chi connectivity index (χ2v) is 2.56. The van der Waals surface area contributed by atoms with Gasteiger partial charge in [-0.1, -0.05) is 0 Å². The summed E-state index contributed by atoms with van der Waals surface area (Å²) in [5.41, 5.74) is 0.722. The molecule has 1 aromatic heterocycles. The summed E-state index contributed by atoms with van der Waals surface area (Å²) >= 11 is 0. The first-order chi connectivity index (χ1) is 5.18. The van der Waals surface area contributed by atoms with Crippen molar-refractivity contribution in [2.24, 2.45) is 0 Å². The number of hydrogen-bond acceptors (Lipinski definition) is 2. The summed E-state index contributed by atoms with van der Waals surface area (Å²) < 4.78 is 12.5. The van der Waals surface area contributed by atoms with Crippen LogP contribution in [-0.2, 0) is 6.42 Å². The van der Waals surface area contributed by atoms with Crippen molar-refractivity contribution in [3.8, 4) is 0 Å². The molecule has 1 N–H and O–H groups in total. The molecule has 0 saturated heterocycles. The van der Waals surface area contributed by atoms with Gasteiger partial charge in [-0.15, -0.1) is 0 Å². The highest BCUT2D eigenvalue weighted by molar-refractivity contribution is 5.10. The highest BCUT2D eigenvalue weighted by Crippen LogP contribution is 2.03. The summed E-state index contributed by atoms with van der Waals surface area (Å²) in [6.07, 6.45) is 2.70. The lowest BCUT2D eigenvalue weighted by atomic mass is 10.1. The van der Waals surface area contributed by atoms with Crippen LogP contribution >= 0.6 is 0 Å². The zero-order valence-corrected chi connectivity index (χ0v) is 6.29. The molecule has 60 valence electrons. The molecule has 0 aliphatic heterocycles. The molecule has 0 aliphatic carbocycles. The van der Waals surface area contributed by atoms with E-state index in [-0.39, 0.29) is 5.82 Å². The predicted molar refractivity (Wildman–Crippen MR) is 39.6 cm³/mol. The van der Waals surface area contributed by atoms with Gasteiger partial charge < -0.3 is 5.11 Å². The van der Waals surface area contributed by atoms with E-state index in [1.807, 2.05) is 0 Å². The largest absolute Gasteiger partial charge is 0.393 e.